The topological polar surface area (TPSA) is 64.8 Å². The van der Waals surface area contributed by atoms with Gasteiger partial charge in [-0.1, -0.05) is 60.2 Å². The van der Waals surface area contributed by atoms with Crippen LogP contribution in [0.2, 0.25) is 0 Å². The minimum absolute atomic E-state index is 0.0784. The minimum atomic E-state index is -0.425. The number of benzene rings is 3. The van der Waals surface area contributed by atoms with Gasteiger partial charge in [0, 0.05) is 6.54 Å². The van der Waals surface area contributed by atoms with E-state index in [1.165, 1.54) is 30.0 Å². The Hall–Kier alpha value is -3.38. The summed E-state index contributed by atoms with van der Waals surface area (Å²) >= 11 is 0. The van der Waals surface area contributed by atoms with Crippen LogP contribution in [0.3, 0.4) is 0 Å². The number of rotatable bonds is 10. The highest BCUT2D eigenvalue weighted by Gasteiger charge is 2.20. The maximum absolute atomic E-state index is 11.5. The van der Waals surface area contributed by atoms with Crippen LogP contribution in [-0.2, 0) is 13.0 Å². The standard InChI is InChI=1S/C28H32N2O4/c1-22-7-9-23(10-8-22)19-24-13-15-29(16-14-24)17-18-33-26-11-12-28(27(20-26)30(31)32)34-21-25-5-3-2-4-6-25/h2-12,20,24H,13-19,21H2,1H3. The lowest BCUT2D eigenvalue weighted by Crippen LogP contribution is -2.37. The lowest BCUT2D eigenvalue weighted by atomic mass is 9.90. The van der Waals surface area contributed by atoms with Gasteiger partial charge in [-0.05, 0) is 68.5 Å². The summed E-state index contributed by atoms with van der Waals surface area (Å²) in [5, 5.41) is 11.5. The van der Waals surface area contributed by atoms with E-state index >= 15 is 0 Å². The number of nitrogens with zero attached hydrogens (tertiary/aromatic N) is 2. The molecule has 1 fully saturated rings. The first-order valence-corrected chi connectivity index (χ1v) is 11.9. The molecule has 0 spiro atoms. The van der Waals surface area contributed by atoms with Gasteiger partial charge in [0.05, 0.1) is 11.0 Å². The first-order chi connectivity index (χ1) is 16.6. The molecule has 0 bridgehead atoms. The number of nitro benzene ring substituents is 1. The van der Waals surface area contributed by atoms with Gasteiger partial charge >= 0.3 is 5.69 Å². The van der Waals surface area contributed by atoms with E-state index in [1.807, 2.05) is 30.3 Å². The highest BCUT2D eigenvalue weighted by Crippen LogP contribution is 2.32. The van der Waals surface area contributed by atoms with Gasteiger partial charge < -0.3 is 9.47 Å². The number of hydrogen-bond acceptors (Lipinski definition) is 5. The second-order valence-corrected chi connectivity index (χ2v) is 8.98. The third kappa shape index (κ3) is 6.81. The van der Waals surface area contributed by atoms with Crippen LogP contribution in [0, 0.1) is 23.0 Å². The minimum Gasteiger partial charge on any atom is -0.492 e. The lowest BCUT2D eigenvalue weighted by molar-refractivity contribution is -0.386. The van der Waals surface area contributed by atoms with E-state index in [1.54, 1.807) is 12.1 Å². The molecule has 6 heteroatoms. The molecule has 0 saturated carbocycles. The number of hydrogen-bond donors (Lipinski definition) is 0. The molecule has 0 amide bonds. The van der Waals surface area contributed by atoms with Gasteiger partial charge in [0.2, 0.25) is 0 Å². The Labute approximate surface area is 201 Å². The first-order valence-electron chi connectivity index (χ1n) is 11.9. The van der Waals surface area contributed by atoms with E-state index < -0.39 is 4.92 Å². The molecule has 1 aliphatic heterocycles. The Morgan fingerprint density at radius 3 is 2.38 bits per heavy atom. The summed E-state index contributed by atoms with van der Waals surface area (Å²) in [5.74, 6) is 1.47. The molecule has 1 saturated heterocycles. The molecule has 6 nitrogen and oxygen atoms in total. The second-order valence-electron chi connectivity index (χ2n) is 8.98. The highest BCUT2D eigenvalue weighted by atomic mass is 16.6. The molecular weight excluding hydrogens is 428 g/mol. The second kappa shape index (κ2) is 11.7. The number of likely N-dealkylation sites (tertiary alicyclic amines) is 1. The van der Waals surface area contributed by atoms with Crippen LogP contribution in [0.25, 0.3) is 0 Å². The quantitative estimate of drug-likeness (QED) is 0.282. The lowest BCUT2D eigenvalue weighted by Gasteiger charge is -2.31. The normalized spacial score (nSPS) is 14.6. The third-order valence-corrected chi connectivity index (χ3v) is 6.39. The number of nitro groups is 1. The van der Waals surface area contributed by atoms with E-state index in [-0.39, 0.29) is 18.0 Å². The molecular formula is C28H32N2O4. The van der Waals surface area contributed by atoms with Crippen molar-refractivity contribution in [3.8, 4) is 11.5 Å². The van der Waals surface area contributed by atoms with E-state index in [4.69, 9.17) is 9.47 Å². The van der Waals surface area contributed by atoms with E-state index in [2.05, 4.69) is 36.1 Å². The Morgan fingerprint density at radius 2 is 1.68 bits per heavy atom. The Morgan fingerprint density at radius 1 is 0.941 bits per heavy atom. The highest BCUT2D eigenvalue weighted by molar-refractivity contribution is 5.51. The van der Waals surface area contributed by atoms with Gasteiger partial charge in [-0.3, -0.25) is 15.0 Å². The predicted molar refractivity (Wildman–Crippen MR) is 133 cm³/mol. The average Bonchev–Trinajstić information content (AvgIpc) is 2.86. The number of piperidine rings is 1. The van der Waals surface area contributed by atoms with Gasteiger partial charge in [-0.2, -0.15) is 0 Å². The molecule has 0 N–H and O–H groups in total. The van der Waals surface area contributed by atoms with Crippen LogP contribution in [-0.4, -0.2) is 36.1 Å². The average molecular weight is 461 g/mol. The van der Waals surface area contributed by atoms with Crippen molar-refractivity contribution in [2.24, 2.45) is 5.92 Å². The molecule has 0 atom stereocenters. The Bertz CT molecular complexity index is 1060. The van der Waals surface area contributed by atoms with Crippen molar-refractivity contribution in [2.45, 2.75) is 32.8 Å². The molecule has 1 aliphatic rings. The van der Waals surface area contributed by atoms with Crippen LogP contribution in [0.5, 0.6) is 11.5 Å². The Balaban J connectivity index is 1.22. The van der Waals surface area contributed by atoms with Crippen molar-refractivity contribution in [1.82, 2.24) is 4.90 Å². The zero-order valence-corrected chi connectivity index (χ0v) is 19.7. The van der Waals surface area contributed by atoms with Crippen molar-refractivity contribution in [2.75, 3.05) is 26.2 Å². The zero-order valence-electron chi connectivity index (χ0n) is 19.7. The van der Waals surface area contributed by atoms with Crippen LogP contribution in [0.4, 0.5) is 5.69 Å². The van der Waals surface area contributed by atoms with E-state index in [0.717, 1.165) is 37.5 Å². The molecule has 0 radical (unpaired) electrons. The van der Waals surface area contributed by atoms with Crippen LogP contribution >= 0.6 is 0 Å². The van der Waals surface area contributed by atoms with Crippen LogP contribution < -0.4 is 9.47 Å². The van der Waals surface area contributed by atoms with Crippen LogP contribution in [0.15, 0.2) is 72.8 Å². The summed E-state index contributed by atoms with van der Waals surface area (Å²) in [6.07, 6.45) is 3.52. The van der Waals surface area contributed by atoms with E-state index in [9.17, 15) is 10.1 Å². The number of ether oxygens (including phenoxy) is 2. The molecule has 1 heterocycles. The van der Waals surface area contributed by atoms with Crippen molar-refractivity contribution < 1.29 is 14.4 Å². The molecule has 0 aliphatic carbocycles. The molecule has 178 valence electrons. The summed E-state index contributed by atoms with van der Waals surface area (Å²) in [7, 11) is 0. The van der Waals surface area contributed by atoms with Crippen molar-refractivity contribution in [3.05, 3.63) is 99.6 Å². The third-order valence-electron chi connectivity index (χ3n) is 6.39. The van der Waals surface area contributed by atoms with Crippen molar-refractivity contribution in [3.63, 3.8) is 0 Å². The van der Waals surface area contributed by atoms with Gasteiger partial charge in [0.1, 0.15) is 19.0 Å². The van der Waals surface area contributed by atoms with Crippen LogP contribution in [0.1, 0.15) is 29.5 Å². The molecule has 3 aromatic rings. The Kier molecular flexibility index (Phi) is 8.15. The summed E-state index contributed by atoms with van der Waals surface area (Å²) in [4.78, 5) is 13.5. The van der Waals surface area contributed by atoms with Gasteiger partial charge in [0.25, 0.3) is 0 Å². The molecule has 4 rings (SSSR count). The SMILES string of the molecule is Cc1ccc(CC2CCN(CCOc3ccc(OCc4ccccc4)c([N+](=O)[O-])c3)CC2)cc1. The molecule has 0 aromatic heterocycles. The van der Waals surface area contributed by atoms with Crippen molar-refractivity contribution in [1.29, 1.82) is 0 Å². The zero-order chi connectivity index (χ0) is 23.8. The summed E-state index contributed by atoms with van der Waals surface area (Å²) in [6.45, 7) is 5.85. The summed E-state index contributed by atoms with van der Waals surface area (Å²) < 4.78 is 11.5. The predicted octanol–water partition coefficient (Wildman–Crippen LogP) is 5.82. The fourth-order valence-electron chi connectivity index (χ4n) is 4.35. The smallest absolute Gasteiger partial charge is 0.314 e. The van der Waals surface area contributed by atoms with Gasteiger partial charge in [-0.15, -0.1) is 0 Å². The first kappa shape index (κ1) is 23.8. The summed E-state index contributed by atoms with van der Waals surface area (Å²) in [6, 6.07) is 23.3. The maximum atomic E-state index is 11.5. The van der Waals surface area contributed by atoms with E-state index in [0.29, 0.717) is 12.4 Å². The summed E-state index contributed by atoms with van der Waals surface area (Å²) in [5.41, 5.74) is 3.61. The monoisotopic (exact) mass is 460 g/mol. The fourth-order valence-corrected chi connectivity index (χ4v) is 4.35. The van der Waals surface area contributed by atoms with Gasteiger partial charge in [0.15, 0.2) is 5.75 Å². The fraction of sp³-hybridized carbons (Fsp3) is 0.357. The maximum Gasteiger partial charge on any atom is 0.314 e. The largest absolute Gasteiger partial charge is 0.492 e. The number of aryl methyl sites for hydroxylation is 1. The van der Waals surface area contributed by atoms with Crippen molar-refractivity contribution >= 4 is 5.69 Å². The molecule has 0 unspecified atom stereocenters. The van der Waals surface area contributed by atoms with Gasteiger partial charge in [-0.25, -0.2) is 0 Å². The molecule has 34 heavy (non-hydrogen) atoms. The molecule has 3 aromatic carbocycles.